The molecule has 26 heavy (non-hydrogen) atoms. The predicted molar refractivity (Wildman–Crippen MR) is 108 cm³/mol. The first-order valence-corrected chi connectivity index (χ1v) is 12.7. The average molecular weight is 449 g/mol. The van der Waals surface area contributed by atoms with Crippen LogP contribution < -0.4 is 10.0 Å². The van der Waals surface area contributed by atoms with Gasteiger partial charge in [-0.15, -0.1) is 16.5 Å². The minimum atomic E-state index is -2.25. The van der Waals surface area contributed by atoms with Crippen LogP contribution in [-0.4, -0.2) is 79.7 Å². The molecule has 0 saturated heterocycles. The van der Waals surface area contributed by atoms with Gasteiger partial charge < -0.3 is 18.5 Å². The number of nitrogens with zero attached hydrogens (tertiary/aromatic N) is 2. The van der Waals surface area contributed by atoms with Crippen molar-refractivity contribution in [3.05, 3.63) is 0 Å². The molecule has 0 aromatic heterocycles. The first kappa shape index (κ1) is 25.6. The van der Waals surface area contributed by atoms with Gasteiger partial charge in [0.1, 0.15) is 0 Å². The maximum Gasteiger partial charge on any atom is 0.437 e. The topological polar surface area (TPSA) is 125 Å². The van der Waals surface area contributed by atoms with E-state index in [4.69, 9.17) is 20.9 Å². The summed E-state index contributed by atoms with van der Waals surface area (Å²) >= 11 is 4.76. The van der Waals surface area contributed by atoms with Crippen LogP contribution in [0.1, 0.15) is 6.42 Å². The highest BCUT2D eigenvalue weighted by Crippen LogP contribution is 2.46. The predicted octanol–water partition coefficient (Wildman–Crippen LogP) is 0.681. The summed E-state index contributed by atoms with van der Waals surface area (Å²) in [5, 5.41) is 5.79. The molecule has 0 radical (unpaired) electrons. The van der Waals surface area contributed by atoms with Crippen LogP contribution in [0.5, 0.6) is 0 Å². The van der Waals surface area contributed by atoms with Crippen LogP contribution in [0.2, 0.25) is 0 Å². The van der Waals surface area contributed by atoms with Crippen LogP contribution in [0, 0.1) is 0 Å². The van der Waals surface area contributed by atoms with Crippen LogP contribution in [-0.2, 0) is 41.8 Å². The number of carbonyl (C=O) groups is 2. The lowest BCUT2D eigenvalue weighted by molar-refractivity contribution is -0.121. The molecule has 0 aliphatic heterocycles. The lowest BCUT2D eigenvalue weighted by atomic mass is 10.5. The second-order valence-corrected chi connectivity index (χ2v) is 10.9. The van der Waals surface area contributed by atoms with Crippen LogP contribution >= 0.6 is 18.3 Å². The van der Waals surface area contributed by atoms with E-state index in [0.29, 0.717) is 19.1 Å². The lowest BCUT2D eigenvalue weighted by Crippen LogP contribution is -2.37. The average Bonchev–Trinajstić information content (AvgIpc) is 2.63. The van der Waals surface area contributed by atoms with E-state index in [-0.39, 0.29) is 16.8 Å². The van der Waals surface area contributed by atoms with E-state index >= 15 is 0 Å². The van der Waals surface area contributed by atoms with Crippen molar-refractivity contribution in [3.63, 3.8) is 0 Å². The molecule has 0 fully saturated rings. The molecule has 0 aromatic carbocycles. The molecule has 0 aliphatic carbocycles. The second-order valence-electron chi connectivity index (χ2n) is 4.79. The standard InChI is InChI=1S/C12H25N4O6PS3/c1-16(2)11(17)10(25-5)15-22-12(18)13-9-26(19)14-7-6-8-23(24,20-3)21-4/h14H,6-9H2,1-5H3,(H,13,18). The minimum Gasteiger partial charge on any atom is -0.597 e. The van der Waals surface area contributed by atoms with E-state index in [1.165, 1.54) is 19.1 Å². The third kappa shape index (κ3) is 10.7. The van der Waals surface area contributed by atoms with Crippen molar-refractivity contribution < 1.29 is 28.0 Å². The van der Waals surface area contributed by atoms with E-state index in [9.17, 15) is 14.1 Å². The largest absolute Gasteiger partial charge is 0.597 e. The van der Waals surface area contributed by atoms with Crippen molar-refractivity contribution in [3.8, 4) is 0 Å². The number of amides is 2. The Morgan fingerprint density at radius 3 is 2.46 bits per heavy atom. The molecule has 0 aliphatic rings. The Hall–Kier alpha value is -0.400. The maximum atomic E-state index is 11.8. The second kappa shape index (κ2) is 13.7. The van der Waals surface area contributed by atoms with Crippen molar-refractivity contribution in [2.75, 3.05) is 53.2 Å². The fourth-order valence-electron chi connectivity index (χ4n) is 1.36. The molecule has 1 atom stereocenters. The number of hydrogen-bond donors (Lipinski definition) is 2. The van der Waals surface area contributed by atoms with Crippen LogP contribution in [0.25, 0.3) is 0 Å². The zero-order chi connectivity index (χ0) is 20.2. The molecular weight excluding hydrogens is 423 g/mol. The maximum absolute atomic E-state index is 11.8. The van der Waals surface area contributed by atoms with Gasteiger partial charge in [-0.25, -0.2) is 4.79 Å². The van der Waals surface area contributed by atoms with Gasteiger partial charge >= 0.3 is 6.09 Å². The molecule has 0 spiro atoms. The number of oxime groups is 1. The summed E-state index contributed by atoms with van der Waals surface area (Å²) in [5.41, 5.74) is 0. The fourth-order valence-corrected chi connectivity index (χ4v) is 4.00. The summed E-state index contributed by atoms with van der Waals surface area (Å²) in [4.78, 5) is 29.1. The summed E-state index contributed by atoms with van der Waals surface area (Å²) in [6.07, 6.45) is 1.88. The third-order valence-electron chi connectivity index (χ3n) is 2.77. The molecule has 152 valence electrons. The van der Waals surface area contributed by atoms with Crippen LogP contribution in [0.3, 0.4) is 0 Å². The van der Waals surface area contributed by atoms with Crippen LogP contribution in [0.15, 0.2) is 5.16 Å². The molecule has 14 heteroatoms. The van der Waals surface area contributed by atoms with Gasteiger partial charge in [-0.1, -0.05) is 5.16 Å². The molecule has 1 unspecified atom stereocenters. The van der Waals surface area contributed by atoms with E-state index in [0.717, 1.165) is 11.8 Å². The molecule has 0 saturated carbocycles. The third-order valence-corrected chi connectivity index (χ3v) is 7.76. The molecular formula is C12H25N4O6PS3. The van der Waals surface area contributed by atoms with Crippen LogP contribution in [0.4, 0.5) is 4.79 Å². The van der Waals surface area contributed by atoms with Gasteiger partial charge in [0.2, 0.25) is 10.9 Å². The Kier molecular flexibility index (Phi) is 13.5. The first-order valence-electron chi connectivity index (χ1n) is 7.30. The van der Waals surface area contributed by atoms with E-state index in [1.54, 1.807) is 20.4 Å². The van der Waals surface area contributed by atoms with E-state index < -0.39 is 23.9 Å². The van der Waals surface area contributed by atoms with Crippen molar-refractivity contribution in [1.82, 2.24) is 14.9 Å². The lowest BCUT2D eigenvalue weighted by Gasteiger charge is -2.17. The van der Waals surface area contributed by atoms with Gasteiger partial charge in [0, 0.05) is 41.0 Å². The summed E-state index contributed by atoms with van der Waals surface area (Å²) in [6.45, 7) is -1.83. The first-order chi connectivity index (χ1) is 12.2. The Balaban J connectivity index is 4.12. The number of rotatable bonds is 10. The smallest absolute Gasteiger partial charge is 0.437 e. The van der Waals surface area contributed by atoms with Crippen molar-refractivity contribution >= 4 is 58.5 Å². The van der Waals surface area contributed by atoms with Gasteiger partial charge in [0.25, 0.3) is 5.91 Å². The van der Waals surface area contributed by atoms with E-state index in [1.807, 2.05) is 0 Å². The molecule has 0 aromatic rings. The number of hydrogen-bond acceptors (Lipinski definition) is 10. The summed E-state index contributed by atoms with van der Waals surface area (Å²) in [6, 6.07) is 0. The SMILES string of the molecule is COP(=S)(CCCN[S+]([O-])CNC(=O)ON=C(SC)C(=O)N(C)C)OC. The quantitative estimate of drug-likeness (QED) is 0.0944. The van der Waals surface area contributed by atoms with Gasteiger partial charge in [-0.05, 0) is 24.5 Å². The summed E-state index contributed by atoms with van der Waals surface area (Å²) in [7, 11) is 6.12. The molecule has 0 bridgehead atoms. The Bertz CT molecular complexity index is 529. The minimum absolute atomic E-state index is 0.0245. The monoisotopic (exact) mass is 448 g/mol. The zero-order valence-corrected chi connectivity index (χ0v) is 18.7. The van der Waals surface area contributed by atoms with Gasteiger partial charge in [-0.3, -0.25) is 14.9 Å². The molecule has 2 N–H and O–H groups in total. The van der Waals surface area contributed by atoms with Crippen molar-refractivity contribution in [1.29, 1.82) is 0 Å². The highest BCUT2D eigenvalue weighted by molar-refractivity contribution is 8.15. The summed E-state index contributed by atoms with van der Waals surface area (Å²) in [5.74, 6) is -0.559. The van der Waals surface area contributed by atoms with Crippen molar-refractivity contribution in [2.45, 2.75) is 6.42 Å². The molecule has 0 heterocycles. The fraction of sp³-hybridized carbons (Fsp3) is 0.750. The van der Waals surface area contributed by atoms with Crippen molar-refractivity contribution in [2.24, 2.45) is 5.16 Å². The number of thioether (sulfide) groups is 1. The molecule has 2 amide bonds. The normalized spacial score (nSPS) is 13.2. The number of carbonyl (C=O) groups excluding carboxylic acids is 2. The molecule has 0 rings (SSSR count). The summed E-state index contributed by atoms with van der Waals surface area (Å²) < 4.78 is 24.8. The van der Waals surface area contributed by atoms with Gasteiger partial charge in [0.05, 0.1) is 11.4 Å². The highest BCUT2D eigenvalue weighted by Gasteiger charge is 2.17. The Morgan fingerprint density at radius 2 is 1.96 bits per heavy atom. The molecule has 10 nitrogen and oxygen atoms in total. The Labute approximate surface area is 166 Å². The van der Waals surface area contributed by atoms with Gasteiger partial charge in [-0.2, -0.15) is 0 Å². The highest BCUT2D eigenvalue weighted by atomic mass is 32.5. The number of nitrogens with one attached hydrogen (secondary N) is 2. The van der Waals surface area contributed by atoms with Gasteiger partial charge in [0.15, 0.2) is 6.49 Å². The Morgan fingerprint density at radius 1 is 1.35 bits per heavy atom. The zero-order valence-electron chi connectivity index (χ0n) is 15.3. The van der Waals surface area contributed by atoms with E-state index in [2.05, 4.69) is 20.0 Å².